The minimum Gasteiger partial charge on any atom is -0.497 e. The van der Waals surface area contributed by atoms with Crippen LogP contribution in [0.5, 0.6) is 5.75 Å². The lowest BCUT2D eigenvalue weighted by molar-refractivity contribution is -0.121. The summed E-state index contributed by atoms with van der Waals surface area (Å²) >= 11 is 0. The van der Waals surface area contributed by atoms with Gasteiger partial charge in [0.05, 0.1) is 7.11 Å². The number of hydrogen-bond acceptors (Lipinski definition) is 6. The van der Waals surface area contributed by atoms with Crippen molar-refractivity contribution in [3.63, 3.8) is 0 Å². The second kappa shape index (κ2) is 8.89. The molecule has 7 heteroatoms. The van der Waals surface area contributed by atoms with E-state index in [4.69, 9.17) is 15.0 Å². The number of nitrogens with two attached hydrogens (primary N) is 1. The zero-order chi connectivity index (χ0) is 16.5. The molecule has 0 aliphatic rings. The standard InChI is InChI=1S/C16H22N4O3/c1-22-13-8-6-12(7-9-13)16-19-15(23-20-16)5-2-4-14(21)18-11-3-10-17/h6-9H,2-5,10-11,17H2,1H3,(H,18,21). The molecule has 0 fully saturated rings. The van der Waals surface area contributed by atoms with Gasteiger partial charge >= 0.3 is 0 Å². The highest BCUT2D eigenvalue weighted by Gasteiger charge is 2.09. The number of aryl methyl sites for hydroxylation is 1. The first-order chi connectivity index (χ1) is 11.2. The second-order valence-corrected chi connectivity index (χ2v) is 5.09. The minimum atomic E-state index is 0.0216. The first-order valence-corrected chi connectivity index (χ1v) is 7.66. The van der Waals surface area contributed by atoms with Gasteiger partial charge < -0.3 is 20.3 Å². The third-order valence-electron chi connectivity index (χ3n) is 3.31. The van der Waals surface area contributed by atoms with Crippen LogP contribution < -0.4 is 15.8 Å². The summed E-state index contributed by atoms with van der Waals surface area (Å²) in [6, 6.07) is 7.44. The topological polar surface area (TPSA) is 103 Å². The maximum Gasteiger partial charge on any atom is 0.226 e. The van der Waals surface area contributed by atoms with Crippen LogP contribution in [-0.2, 0) is 11.2 Å². The van der Waals surface area contributed by atoms with Crippen molar-refractivity contribution >= 4 is 5.91 Å². The summed E-state index contributed by atoms with van der Waals surface area (Å²) in [5, 5.41) is 6.77. The van der Waals surface area contributed by atoms with Crippen molar-refractivity contribution in [2.45, 2.75) is 25.7 Å². The molecule has 0 atom stereocenters. The molecule has 2 rings (SSSR count). The molecule has 0 unspecified atom stereocenters. The average Bonchev–Trinajstić information content (AvgIpc) is 3.04. The smallest absolute Gasteiger partial charge is 0.226 e. The quantitative estimate of drug-likeness (QED) is 0.680. The molecule has 3 N–H and O–H groups in total. The Morgan fingerprint density at radius 2 is 2.09 bits per heavy atom. The highest BCUT2D eigenvalue weighted by atomic mass is 16.5. The van der Waals surface area contributed by atoms with Gasteiger partial charge in [-0.05, 0) is 43.7 Å². The second-order valence-electron chi connectivity index (χ2n) is 5.09. The van der Waals surface area contributed by atoms with E-state index in [0.29, 0.717) is 44.1 Å². The Bertz CT molecular complexity index is 610. The summed E-state index contributed by atoms with van der Waals surface area (Å²) in [5.74, 6) is 1.87. The summed E-state index contributed by atoms with van der Waals surface area (Å²) in [4.78, 5) is 15.9. The molecule has 1 heterocycles. The van der Waals surface area contributed by atoms with Crippen molar-refractivity contribution in [3.8, 4) is 17.1 Å². The highest BCUT2D eigenvalue weighted by molar-refractivity contribution is 5.75. The fraction of sp³-hybridized carbons (Fsp3) is 0.438. The molecule has 1 aromatic carbocycles. The van der Waals surface area contributed by atoms with Crippen molar-refractivity contribution in [2.75, 3.05) is 20.2 Å². The molecule has 0 aliphatic heterocycles. The van der Waals surface area contributed by atoms with Gasteiger partial charge in [-0.25, -0.2) is 0 Å². The highest BCUT2D eigenvalue weighted by Crippen LogP contribution is 2.20. The maximum absolute atomic E-state index is 11.6. The Kier molecular flexibility index (Phi) is 6.56. The van der Waals surface area contributed by atoms with Crippen molar-refractivity contribution in [1.82, 2.24) is 15.5 Å². The van der Waals surface area contributed by atoms with Crippen LogP contribution in [0.2, 0.25) is 0 Å². The number of benzene rings is 1. The van der Waals surface area contributed by atoms with E-state index in [2.05, 4.69) is 15.5 Å². The lowest BCUT2D eigenvalue weighted by Gasteiger charge is -2.02. The summed E-state index contributed by atoms with van der Waals surface area (Å²) in [6.45, 7) is 1.20. The van der Waals surface area contributed by atoms with Crippen LogP contribution >= 0.6 is 0 Å². The number of carbonyl (C=O) groups excluding carboxylic acids is 1. The van der Waals surface area contributed by atoms with E-state index < -0.39 is 0 Å². The Labute approximate surface area is 135 Å². The lowest BCUT2D eigenvalue weighted by atomic mass is 10.2. The fourth-order valence-corrected chi connectivity index (χ4v) is 2.03. The number of nitrogens with one attached hydrogen (secondary N) is 1. The summed E-state index contributed by atoms with van der Waals surface area (Å²) in [5.41, 5.74) is 6.23. The molecule has 0 bridgehead atoms. The van der Waals surface area contributed by atoms with E-state index in [-0.39, 0.29) is 5.91 Å². The molecule has 7 nitrogen and oxygen atoms in total. The summed E-state index contributed by atoms with van der Waals surface area (Å²) < 4.78 is 10.3. The SMILES string of the molecule is COc1ccc(-c2noc(CCCC(=O)NCCCN)n2)cc1. The Balaban J connectivity index is 1.79. The molecule has 1 aromatic heterocycles. The molecule has 2 aromatic rings. The number of ether oxygens (including phenoxy) is 1. The van der Waals surface area contributed by atoms with Crippen LogP contribution in [0.25, 0.3) is 11.4 Å². The van der Waals surface area contributed by atoms with Gasteiger partial charge in [-0.1, -0.05) is 5.16 Å². The molecule has 0 saturated heterocycles. The van der Waals surface area contributed by atoms with Gasteiger partial charge in [-0.2, -0.15) is 4.98 Å². The van der Waals surface area contributed by atoms with Crippen molar-refractivity contribution in [2.24, 2.45) is 5.73 Å². The van der Waals surface area contributed by atoms with Crippen molar-refractivity contribution < 1.29 is 14.1 Å². The van der Waals surface area contributed by atoms with E-state index in [9.17, 15) is 4.79 Å². The van der Waals surface area contributed by atoms with Crippen LogP contribution in [0, 0.1) is 0 Å². The number of hydrogen-bond donors (Lipinski definition) is 2. The molecular weight excluding hydrogens is 296 g/mol. The minimum absolute atomic E-state index is 0.0216. The fourth-order valence-electron chi connectivity index (χ4n) is 2.03. The van der Waals surface area contributed by atoms with E-state index in [0.717, 1.165) is 17.7 Å². The Morgan fingerprint density at radius 3 is 2.78 bits per heavy atom. The number of aromatic nitrogens is 2. The third-order valence-corrected chi connectivity index (χ3v) is 3.31. The van der Waals surface area contributed by atoms with Gasteiger partial charge in [0.15, 0.2) is 0 Å². The summed E-state index contributed by atoms with van der Waals surface area (Å²) in [7, 11) is 1.62. The van der Waals surface area contributed by atoms with E-state index in [1.54, 1.807) is 7.11 Å². The number of methoxy groups -OCH3 is 1. The Hall–Kier alpha value is -2.41. The Morgan fingerprint density at radius 1 is 1.30 bits per heavy atom. The zero-order valence-electron chi connectivity index (χ0n) is 13.2. The van der Waals surface area contributed by atoms with Gasteiger partial charge in [0.25, 0.3) is 0 Å². The molecule has 0 aliphatic carbocycles. The first kappa shape index (κ1) is 17.0. The van der Waals surface area contributed by atoms with E-state index in [1.165, 1.54) is 0 Å². The molecule has 0 radical (unpaired) electrons. The van der Waals surface area contributed by atoms with E-state index >= 15 is 0 Å². The van der Waals surface area contributed by atoms with Crippen LogP contribution in [0.1, 0.15) is 25.2 Å². The van der Waals surface area contributed by atoms with Gasteiger partial charge in [0.1, 0.15) is 5.75 Å². The van der Waals surface area contributed by atoms with Crippen LogP contribution in [-0.4, -0.2) is 36.2 Å². The number of amides is 1. The molecule has 0 saturated carbocycles. The number of nitrogens with zero attached hydrogens (tertiary/aromatic N) is 2. The van der Waals surface area contributed by atoms with Crippen molar-refractivity contribution in [1.29, 1.82) is 0 Å². The third kappa shape index (κ3) is 5.37. The lowest BCUT2D eigenvalue weighted by Crippen LogP contribution is -2.25. The number of carbonyl (C=O) groups is 1. The predicted molar refractivity (Wildman–Crippen MR) is 85.9 cm³/mol. The molecule has 1 amide bonds. The van der Waals surface area contributed by atoms with Gasteiger partial charge in [0, 0.05) is 24.9 Å². The number of rotatable bonds is 9. The van der Waals surface area contributed by atoms with E-state index in [1.807, 2.05) is 24.3 Å². The predicted octanol–water partition coefficient (Wildman–Crippen LogP) is 1.53. The van der Waals surface area contributed by atoms with Crippen molar-refractivity contribution in [3.05, 3.63) is 30.2 Å². The summed E-state index contributed by atoms with van der Waals surface area (Å²) in [6.07, 6.45) is 2.47. The van der Waals surface area contributed by atoms with Crippen LogP contribution in [0.3, 0.4) is 0 Å². The largest absolute Gasteiger partial charge is 0.497 e. The van der Waals surface area contributed by atoms with Gasteiger partial charge in [-0.3, -0.25) is 4.79 Å². The van der Waals surface area contributed by atoms with Gasteiger partial charge in [0.2, 0.25) is 17.6 Å². The molecule has 23 heavy (non-hydrogen) atoms. The zero-order valence-corrected chi connectivity index (χ0v) is 13.2. The monoisotopic (exact) mass is 318 g/mol. The normalized spacial score (nSPS) is 10.5. The molecular formula is C16H22N4O3. The van der Waals surface area contributed by atoms with Crippen LogP contribution in [0.4, 0.5) is 0 Å². The maximum atomic E-state index is 11.6. The molecule has 124 valence electrons. The molecule has 0 spiro atoms. The van der Waals surface area contributed by atoms with Crippen LogP contribution in [0.15, 0.2) is 28.8 Å². The first-order valence-electron chi connectivity index (χ1n) is 7.66. The average molecular weight is 318 g/mol. The van der Waals surface area contributed by atoms with Gasteiger partial charge in [-0.15, -0.1) is 0 Å².